The van der Waals surface area contributed by atoms with E-state index in [9.17, 15) is 4.79 Å². The molecule has 0 bridgehead atoms. The molecule has 0 fully saturated rings. The van der Waals surface area contributed by atoms with Crippen molar-refractivity contribution >= 4 is 25.2 Å². The van der Waals surface area contributed by atoms with Crippen LogP contribution in [0.25, 0.3) is 22.5 Å². The third-order valence-electron chi connectivity index (χ3n) is 5.77. The Morgan fingerprint density at radius 2 is 1.34 bits per heavy atom. The van der Waals surface area contributed by atoms with Crippen LogP contribution >= 0.6 is 0 Å². The Morgan fingerprint density at radius 3 is 1.97 bits per heavy atom. The molecule has 0 aliphatic carbocycles. The zero-order valence-corrected chi connectivity index (χ0v) is 21.0. The van der Waals surface area contributed by atoms with E-state index < -0.39 is 0 Å². The molecule has 1 aromatic heterocycles. The SMILES string of the molecule is COc1ccc(-c2c(C[Se]c3ccccc3)oc(-c3ccccc3)c2C(=O)c2ccccc2)cc1. The molecule has 0 saturated heterocycles. The molecule has 0 atom stereocenters. The van der Waals surface area contributed by atoms with E-state index in [-0.39, 0.29) is 20.7 Å². The van der Waals surface area contributed by atoms with Crippen LogP contribution in [0.15, 0.2) is 120 Å². The van der Waals surface area contributed by atoms with E-state index in [2.05, 4.69) is 24.3 Å². The second kappa shape index (κ2) is 10.6. The van der Waals surface area contributed by atoms with E-state index >= 15 is 0 Å². The quantitative estimate of drug-likeness (QED) is 0.175. The third-order valence-corrected chi connectivity index (χ3v) is 7.90. The van der Waals surface area contributed by atoms with Crippen LogP contribution in [0.3, 0.4) is 0 Å². The summed E-state index contributed by atoms with van der Waals surface area (Å²) >= 11 is 0.154. The predicted octanol–water partition coefficient (Wildman–Crippen LogP) is 6.38. The molecule has 5 rings (SSSR count). The molecule has 3 nitrogen and oxygen atoms in total. The van der Waals surface area contributed by atoms with E-state index in [0.29, 0.717) is 16.9 Å². The minimum absolute atomic E-state index is 0.0440. The average molecular weight is 523 g/mol. The molecule has 0 amide bonds. The molecular formula is C31H24O3Se. The van der Waals surface area contributed by atoms with Crippen molar-refractivity contribution < 1.29 is 13.9 Å². The van der Waals surface area contributed by atoms with Crippen LogP contribution in [0.4, 0.5) is 0 Å². The van der Waals surface area contributed by atoms with Gasteiger partial charge in [-0.1, -0.05) is 0 Å². The Balaban J connectivity index is 1.70. The summed E-state index contributed by atoms with van der Waals surface area (Å²) < 4.78 is 13.2. The monoisotopic (exact) mass is 524 g/mol. The molecule has 5 aromatic rings. The van der Waals surface area contributed by atoms with Gasteiger partial charge in [-0.2, -0.15) is 0 Å². The Kier molecular flexibility index (Phi) is 6.94. The Morgan fingerprint density at radius 1 is 0.743 bits per heavy atom. The van der Waals surface area contributed by atoms with Gasteiger partial charge >= 0.3 is 212 Å². The molecule has 0 aliphatic rings. The summed E-state index contributed by atoms with van der Waals surface area (Å²) in [4.78, 5) is 14.0. The zero-order valence-electron chi connectivity index (χ0n) is 19.3. The fourth-order valence-corrected chi connectivity index (χ4v) is 5.84. The van der Waals surface area contributed by atoms with Crippen molar-refractivity contribution in [2.45, 2.75) is 5.32 Å². The number of carbonyl (C=O) groups excluding carboxylic acids is 1. The number of ketones is 1. The summed E-state index contributed by atoms with van der Waals surface area (Å²) in [5.74, 6) is 2.17. The minimum atomic E-state index is -0.0440. The van der Waals surface area contributed by atoms with Gasteiger partial charge in [0, 0.05) is 0 Å². The first-order valence-electron chi connectivity index (χ1n) is 11.4. The number of rotatable bonds is 8. The molecule has 172 valence electrons. The summed E-state index contributed by atoms with van der Waals surface area (Å²) in [5, 5.41) is 0.736. The number of hydrogen-bond donors (Lipinski definition) is 0. The molecule has 0 spiro atoms. The third kappa shape index (κ3) is 5.00. The molecule has 0 aliphatic heterocycles. The van der Waals surface area contributed by atoms with Crippen molar-refractivity contribution in [2.24, 2.45) is 0 Å². The van der Waals surface area contributed by atoms with Crippen molar-refractivity contribution in [1.29, 1.82) is 0 Å². The number of furan rings is 1. The van der Waals surface area contributed by atoms with E-state index in [1.165, 1.54) is 4.46 Å². The number of methoxy groups -OCH3 is 1. The molecule has 0 N–H and O–H groups in total. The molecule has 4 heteroatoms. The maximum atomic E-state index is 14.0. The van der Waals surface area contributed by atoms with E-state index in [4.69, 9.17) is 9.15 Å². The first-order chi connectivity index (χ1) is 17.2. The van der Waals surface area contributed by atoms with Gasteiger partial charge in [0.25, 0.3) is 0 Å². The standard InChI is InChI=1S/C31H24O3Se/c1-33-25-19-17-22(18-20-25)28-27(21-35-26-15-9-4-10-16-26)34-31(24-13-7-3-8-14-24)29(28)30(32)23-11-5-2-6-12-23/h2-20H,21H2,1H3. The van der Waals surface area contributed by atoms with E-state index in [0.717, 1.165) is 33.5 Å². The van der Waals surface area contributed by atoms with Crippen molar-refractivity contribution in [2.75, 3.05) is 7.11 Å². The van der Waals surface area contributed by atoms with Crippen molar-refractivity contribution in [3.63, 3.8) is 0 Å². The number of ether oxygens (including phenoxy) is 1. The Bertz CT molecular complexity index is 1410. The van der Waals surface area contributed by atoms with Crippen LogP contribution in [0.5, 0.6) is 5.75 Å². The van der Waals surface area contributed by atoms with Crippen molar-refractivity contribution in [3.05, 3.63) is 132 Å². The molecule has 4 aromatic carbocycles. The van der Waals surface area contributed by atoms with Crippen LogP contribution < -0.4 is 9.20 Å². The van der Waals surface area contributed by atoms with Crippen molar-refractivity contribution in [3.8, 4) is 28.2 Å². The first kappa shape index (κ1) is 22.9. The summed E-state index contributed by atoms with van der Waals surface area (Å²) in [6.45, 7) is 0. The van der Waals surface area contributed by atoms with Gasteiger partial charge in [-0.05, 0) is 0 Å². The number of benzene rings is 4. The predicted molar refractivity (Wildman–Crippen MR) is 142 cm³/mol. The van der Waals surface area contributed by atoms with Gasteiger partial charge in [0.15, 0.2) is 0 Å². The van der Waals surface area contributed by atoms with Gasteiger partial charge in [0.1, 0.15) is 0 Å². The zero-order chi connectivity index (χ0) is 24.0. The fraction of sp³-hybridized carbons (Fsp3) is 0.0645. The fourth-order valence-electron chi connectivity index (χ4n) is 4.05. The summed E-state index contributed by atoms with van der Waals surface area (Å²) in [6.07, 6.45) is 0. The van der Waals surface area contributed by atoms with Crippen LogP contribution in [-0.4, -0.2) is 27.8 Å². The van der Waals surface area contributed by atoms with Gasteiger partial charge in [-0.15, -0.1) is 0 Å². The normalized spacial score (nSPS) is 10.8. The van der Waals surface area contributed by atoms with Crippen LogP contribution in [0, 0.1) is 0 Å². The second-order valence-electron chi connectivity index (χ2n) is 8.00. The molecule has 35 heavy (non-hydrogen) atoms. The summed E-state index contributed by atoms with van der Waals surface area (Å²) in [7, 11) is 1.65. The topological polar surface area (TPSA) is 39.4 Å². The first-order valence-corrected chi connectivity index (χ1v) is 13.4. The van der Waals surface area contributed by atoms with Crippen LogP contribution in [0.2, 0.25) is 0 Å². The maximum absolute atomic E-state index is 14.0. The Labute approximate surface area is 211 Å². The summed E-state index contributed by atoms with van der Waals surface area (Å²) in [5.41, 5.74) is 3.93. The van der Waals surface area contributed by atoms with Crippen LogP contribution in [0.1, 0.15) is 21.7 Å². The van der Waals surface area contributed by atoms with E-state index in [1.54, 1.807) is 7.11 Å². The molecule has 1 heterocycles. The second-order valence-corrected chi connectivity index (χ2v) is 10.2. The molecule has 0 unspecified atom stereocenters. The molecular weight excluding hydrogens is 499 g/mol. The number of carbonyl (C=O) groups is 1. The average Bonchev–Trinajstić information content (AvgIpc) is 3.32. The van der Waals surface area contributed by atoms with Crippen molar-refractivity contribution in [1.82, 2.24) is 0 Å². The van der Waals surface area contributed by atoms with Gasteiger partial charge in [0.2, 0.25) is 0 Å². The molecule has 0 saturated carbocycles. The van der Waals surface area contributed by atoms with Gasteiger partial charge in [0.05, 0.1) is 0 Å². The Hall–Kier alpha value is -3.85. The van der Waals surface area contributed by atoms with Crippen LogP contribution in [-0.2, 0) is 5.32 Å². The van der Waals surface area contributed by atoms with Gasteiger partial charge in [-0.3, -0.25) is 0 Å². The summed E-state index contributed by atoms with van der Waals surface area (Å²) in [6, 6.07) is 37.6. The number of hydrogen-bond acceptors (Lipinski definition) is 3. The van der Waals surface area contributed by atoms with Gasteiger partial charge < -0.3 is 0 Å². The van der Waals surface area contributed by atoms with Gasteiger partial charge in [-0.25, -0.2) is 0 Å². The van der Waals surface area contributed by atoms with E-state index in [1.807, 2.05) is 91.0 Å². The molecule has 0 radical (unpaired) electrons.